The molecule has 0 radical (unpaired) electrons. The Kier molecular flexibility index (Phi) is 7.48. The molecule has 0 fully saturated rings. The number of aromatic nitrogens is 1. The zero-order chi connectivity index (χ0) is 14.1. The van der Waals surface area contributed by atoms with Crippen molar-refractivity contribution in [2.24, 2.45) is 10.9 Å². The van der Waals surface area contributed by atoms with Gasteiger partial charge in [-0.05, 0) is 12.8 Å². The highest BCUT2D eigenvalue weighted by Crippen LogP contribution is 2.10. The standard InChI is InChI=1S/C14H26N4S/c1-5-12(6-2)10-18-14(15-4)16-8-7-13-17-9-11(3)19-13/h9,12H,5-8,10H2,1-4H3,(H2,15,16,18). The lowest BCUT2D eigenvalue weighted by Crippen LogP contribution is -2.40. The lowest BCUT2D eigenvalue weighted by molar-refractivity contribution is 0.481. The highest BCUT2D eigenvalue weighted by atomic mass is 32.1. The van der Waals surface area contributed by atoms with E-state index in [1.807, 2.05) is 13.2 Å². The summed E-state index contributed by atoms with van der Waals surface area (Å²) in [7, 11) is 1.82. The molecule has 0 saturated carbocycles. The van der Waals surface area contributed by atoms with Gasteiger partial charge in [-0.3, -0.25) is 4.99 Å². The van der Waals surface area contributed by atoms with Gasteiger partial charge in [-0.1, -0.05) is 26.7 Å². The van der Waals surface area contributed by atoms with Crippen molar-refractivity contribution in [2.45, 2.75) is 40.0 Å². The number of aryl methyl sites for hydroxylation is 1. The van der Waals surface area contributed by atoms with E-state index in [1.165, 1.54) is 22.7 Å². The normalized spacial score (nSPS) is 11.9. The minimum Gasteiger partial charge on any atom is -0.356 e. The van der Waals surface area contributed by atoms with Gasteiger partial charge in [0.1, 0.15) is 0 Å². The van der Waals surface area contributed by atoms with Crippen molar-refractivity contribution in [3.63, 3.8) is 0 Å². The first kappa shape index (κ1) is 16.0. The Bertz CT molecular complexity index is 383. The van der Waals surface area contributed by atoms with Gasteiger partial charge in [0.25, 0.3) is 0 Å². The third kappa shape index (κ3) is 6.05. The van der Waals surface area contributed by atoms with E-state index in [-0.39, 0.29) is 0 Å². The van der Waals surface area contributed by atoms with Crippen LogP contribution >= 0.6 is 11.3 Å². The molecule has 1 heterocycles. The molecule has 0 spiro atoms. The molecular weight excluding hydrogens is 256 g/mol. The van der Waals surface area contributed by atoms with E-state index in [2.05, 4.69) is 41.4 Å². The zero-order valence-corrected chi connectivity index (χ0v) is 13.3. The third-order valence-electron chi connectivity index (χ3n) is 3.24. The van der Waals surface area contributed by atoms with Gasteiger partial charge < -0.3 is 10.6 Å². The first-order valence-electron chi connectivity index (χ1n) is 7.05. The second kappa shape index (κ2) is 8.91. The smallest absolute Gasteiger partial charge is 0.190 e. The molecule has 0 bridgehead atoms. The van der Waals surface area contributed by atoms with Crippen LogP contribution in [0.25, 0.3) is 0 Å². The lowest BCUT2D eigenvalue weighted by atomic mass is 10.0. The van der Waals surface area contributed by atoms with Crippen LogP contribution in [0, 0.1) is 12.8 Å². The average molecular weight is 282 g/mol. The Labute approximate surface area is 120 Å². The van der Waals surface area contributed by atoms with E-state index >= 15 is 0 Å². The predicted molar refractivity (Wildman–Crippen MR) is 84.0 cm³/mol. The Morgan fingerprint density at radius 2 is 2.11 bits per heavy atom. The molecule has 0 aromatic carbocycles. The molecule has 2 N–H and O–H groups in total. The van der Waals surface area contributed by atoms with Crippen LogP contribution in [0.1, 0.15) is 36.6 Å². The molecule has 1 rings (SSSR count). The Balaban J connectivity index is 2.25. The Morgan fingerprint density at radius 3 is 2.63 bits per heavy atom. The van der Waals surface area contributed by atoms with Crippen molar-refractivity contribution >= 4 is 17.3 Å². The molecule has 0 aliphatic heterocycles. The van der Waals surface area contributed by atoms with Crippen LogP contribution in [0.15, 0.2) is 11.2 Å². The first-order valence-corrected chi connectivity index (χ1v) is 7.87. The number of thiazole rings is 1. The molecule has 19 heavy (non-hydrogen) atoms. The SMILES string of the molecule is CCC(CC)CNC(=NC)NCCc1ncc(C)s1. The van der Waals surface area contributed by atoms with Gasteiger partial charge in [0.2, 0.25) is 0 Å². The van der Waals surface area contributed by atoms with Gasteiger partial charge in [-0.25, -0.2) is 4.98 Å². The van der Waals surface area contributed by atoms with E-state index in [1.54, 1.807) is 11.3 Å². The maximum atomic E-state index is 4.36. The number of aliphatic imine (C=N–C) groups is 1. The summed E-state index contributed by atoms with van der Waals surface area (Å²) in [5.41, 5.74) is 0. The topological polar surface area (TPSA) is 49.3 Å². The van der Waals surface area contributed by atoms with Crippen LogP contribution in [0.3, 0.4) is 0 Å². The van der Waals surface area contributed by atoms with Crippen molar-refractivity contribution in [3.8, 4) is 0 Å². The first-order chi connectivity index (χ1) is 9.19. The Morgan fingerprint density at radius 1 is 1.37 bits per heavy atom. The molecule has 0 amide bonds. The summed E-state index contributed by atoms with van der Waals surface area (Å²) >= 11 is 1.76. The van der Waals surface area contributed by atoms with Gasteiger partial charge in [0.05, 0.1) is 5.01 Å². The quantitative estimate of drug-likeness (QED) is 0.597. The van der Waals surface area contributed by atoms with Crippen LogP contribution < -0.4 is 10.6 Å². The van der Waals surface area contributed by atoms with Crippen molar-refractivity contribution in [1.82, 2.24) is 15.6 Å². The van der Waals surface area contributed by atoms with E-state index in [0.29, 0.717) is 0 Å². The van der Waals surface area contributed by atoms with Crippen molar-refractivity contribution in [3.05, 3.63) is 16.1 Å². The number of nitrogens with one attached hydrogen (secondary N) is 2. The lowest BCUT2D eigenvalue weighted by Gasteiger charge is -2.16. The fraction of sp³-hybridized carbons (Fsp3) is 0.714. The van der Waals surface area contributed by atoms with E-state index < -0.39 is 0 Å². The second-order valence-electron chi connectivity index (χ2n) is 4.68. The van der Waals surface area contributed by atoms with Crippen molar-refractivity contribution in [1.29, 1.82) is 0 Å². The van der Waals surface area contributed by atoms with Gasteiger partial charge >= 0.3 is 0 Å². The summed E-state index contributed by atoms with van der Waals surface area (Å²) < 4.78 is 0. The summed E-state index contributed by atoms with van der Waals surface area (Å²) in [4.78, 5) is 9.87. The molecule has 0 aliphatic carbocycles. The largest absolute Gasteiger partial charge is 0.356 e. The summed E-state index contributed by atoms with van der Waals surface area (Å²) in [5, 5.41) is 7.90. The van der Waals surface area contributed by atoms with Gasteiger partial charge in [0, 0.05) is 37.6 Å². The monoisotopic (exact) mass is 282 g/mol. The number of hydrogen-bond donors (Lipinski definition) is 2. The summed E-state index contributed by atoms with van der Waals surface area (Å²) in [6.45, 7) is 8.41. The highest BCUT2D eigenvalue weighted by Gasteiger charge is 2.05. The summed E-state index contributed by atoms with van der Waals surface area (Å²) in [6.07, 6.45) is 5.29. The zero-order valence-electron chi connectivity index (χ0n) is 12.5. The van der Waals surface area contributed by atoms with Crippen LogP contribution in [-0.2, 0) is 6.42 Å². The second-order valence-corrected chi connectivity index (χ2v) is 6.00. The van der Waals surface area contributed by atoms with Crippen molar-refractivity contribution < 1.29 is 0 Å². The molecule has 1 aromatic heterocycles. The Hall–Kier alpha value is -1.10. The number of hydrogen-bond acceptors (Lipinski definition) is 3. The van der Waals surface area contributed by atoms with Crippen LogP contribution in [0.5, 0.6) is 0 Å². The average Bonchev–Trinajstić information content (AvgIpc) is 2.83. The highest BCUT2D eigenvalue weighted by molar-refractivity contribution is 7.11. The number of nitrogens with zero attached hydrogens (tertiary/aromatic N) is 2. The van der Waals surface area contributed by atoms with Crippen LogP contribution in [0.2, 0.25) is 0 Å². The third-order valence-corrected chi connectivity index (χ3v) is 4.21. The molecule has 0 saturated heterocycles. The number of rotatable bonds is 7. The predicted octanol–water partition coefficient (Wildman–Crippen LogP) is 2.60. The van der Waals surface area contributed by atoms with Crippen molar-refractivity contribution in [2.75, 3.05) is 20.1 Å². The van der Waals surface area contributed by atoms with Crippen LogP contribution in [-0.4, -0.2) is 31.1 Å². The molecule has 0 atom stereocenters. The van der Waals surface area contributed by atoms with Gasteiger partial charge in [-0.2, -0.15) is 0 Å². The molecule has 0 unspecified atom stereocenters. The minimum absolute atomic E-state index is 0.722. The molecular formula is C14H26N4S. The molecule has 108 valence electrons. The van der Waals surface area contributed by atoms with Crippen LogP contribution in [0.4, 0.5) is 0 Å². The van der Waals surface area contributed by atoms with E-state index in [4.69, 9.17) is 0 Å². The molecule has 5 heteroatoms. The maximum absolute atomic E-state index is 4.36. The minimum atomic E-state index is 0.722. The van der Waals surface area contributed by atoms with E-state index in [0.717, 1.165) is 31.4 Å². The molecule has 1 aromatic rings. The molecule has 0 aliphatic rings. The number of guanidine groups is 1. The molecule has 4 nitrogen and oxygen atoms in total. The fourth-order valence-electron chi connectivity index (χ4n) is 1.84. The maximum Gasteiger partial charge on any atom is 0.190 e. The summed E-state index contributed by atoms with van der Waals surface area (Å²) in [5.74, 6) is 1.61. The van der Waals surface area contributed by atoms with Gasteiger partial charge in [0.15, 0.2) is 5.96 Å². The van der Waals surface area contributed by atoms with E-state index in [9.17, 15) is 0 Å². The van der Waals surface area contributed by atoms with Gasteiger partial charge in [-0.15, -0.1) is 11.3 Å². The fourth-order valence-corrected chi connectivity index (χ4v) is 2.63. The summed E-state index contributed by atoms with van der Waals surface area (Å²) in [6, 6.07) is 0.